The Hall–Kier alpha value is -2.26. The van der Waals surface area contributed by atoms with E-state index >= 15 is 0 Å². The van der Waals surface area contributed by atoms with Crippen LogP contribution in [0.5, 0.6) is 11.5 Å². The second-order valence-electron chi connectivity index (χ2n) is 5.69. The quantitative estimate of drug-likeness (QED) is 0.901. The third-order valence-corrected chi connectivity index (χ3v) is 4.54. The van der Waals surface area contributed by atoms with Crippen molar-refractivity contribution < 1.29 is 14.9 Å². The minimum Gasteiger partial charge on any atom is -0.508 e. The third-order valence-electron chi connectivity index (χ3n) is 4.54. The Morgan fingerprint density at radius 3 is 2.55 bits per heavy atom. The van der Waals surface area contributed by atoms with E-state index in [1.165, 1.54) is 5.56 Å². The van der Waals surface area contributed by atoms with Crippen LogP contribution in [0.1, 0.15) is 27.8 Å². The smallest absolute Gasteiger partial charge is 0.122 e. The molecule has 0 atom stereocenters. The monoisotopic (exact) mass is 296 g/mol. The maximum atomic E-state index is 10.4. The SMILES string of the molecule is C=Cc1c(COC)c(O)cc2c1CCc1c-2ccc(O)c1C. The second kappa shape index (κ2) is 5.50. The second-order valence-corrected chi connectivity index (χ2v) is 5.69. The molecule has 0 heterocycles. The molecule has 22 heavy (non-hydrogen) atoms. The Labute approximate surface area is 130 Å². The van der Waals surface area contributed by atoms with E-state index in [1.54, 1.807) is 19.3 Å². The molecular formula is C19H20O3. The van der Waals surface area contributed by atoms with Gasteiger partial charge in [0.2, 0.25) is 0 Å². The van der Waals surface area contributed by atoms with Gasteiger partial charge in [-0.05, 0) is 65.3 Å². The molecule has 2 N–H and O–H groups in total. The van der Waals surface area contributed by atoms with Gasteiger partial charge < -0.3 is 14.9 Å². The fourth-order valence-electron chi connectivity index (χ4n) is 3.40. The Kier molecular flexibility index (Phi) is 3.67. The number of methoxy groups -OCH3 is 1. The van der Waals surface area contributed by atoms with Crippen LogP contribution in [0.25, 0.3) is 17.2 Å². The molecule has 2 aromatic carbocycles. The molecule has 114 valence electrons. The van der Waals surface area contributed by atoms with Crippen molar-refractivity contribution in [2.24, 2.45) is 0 Å². The molecule has 1 aliphatic carbocycles. The molecule has 0 aromatic heterocycles. The molecular weight excluding hydrogens is 276 g/mol. The van der Waals surface area contributed by atoms with Gasteiger partial charge in [-0.3, -0.25) is 0 Å². The Morgan fingerprint density at radius 1 is 1.14 bits per heavy atom. The van der Waals surface area contributed by atoms with E-state index in [-0.39, 0.29) is 5.75 Å². The lowest BCUT2D eigenvalue weighted by atomic mass is 9.80. The number of ether oxygens (including phenoxy) is 1. The van der Waals surface area contributed by atoms with Gasteiger partial charge in [0.15, 0.2) is 0 Å². The molecule has 2 aromatic rings. The highest BCUT2D eigenvalue weighted by Gasteiger charge is 2.24. The number of aromatic hydroxyl groups is 2. The summed E-state index contributed by atoms with van der Waals surface area (Å²) in [6, 6.07) is 5.46. The van der Waals surface area contributed by atoms with Gasteiger partial charge in [0.1, 0.15) is 11.5 Å². The molecule has 0 saturated carbocycles. The molecule has 3 heteroatoms. The lowest BCUT2D eigenvalue weighted by Gasteiger charge is -2.25. The molecule has 3 rings (SSSR count). The summed E-state index contributed by atoms with van der Waals surface area (Å²) < 4.78 is 5.21. The molecule has 1 aliphatic rings. The van der Waals surface area contributed by atoms with Gasteiger partial charge in [-0.25, -0.2) is 0 Å². The summed E-state index contributed by atoms with van der Waals surface area (Å²) in [5.74, 6) is 0.556. The zero-order valence-corrected chi connectivity index (χ0v) is 12.9. The van der Waals surface area contributed by atoms with E-state index < -0.39 is 0 Å². The zero-order chi connectivity index (χ0) is 15.9. The number of fused-ring (bicyclic) bond motifs is 3. The Bertz CT molecular complexity index is 760. The number of phenols is 2. The van der Waals surface area contributed by atoms with Crippen LogP contribution in [0, 0.1) is 6.92 Å². The van der Waals surface area contributed by atoms with Gasteiger partial charge in [-0.1, -0.05) is 18.7 Å². The number of phenolic OH excluding ortho intramolecular Hbond substituents is 2. The van der Waals surface area contributed by atoms with E-state index in [9.17, 15) is 10.2 Å². The fraction of sp³-hybridized carbons (Fsp3) is 0.263. The number of rotatable bonds is 3. The molecule has 0 radical (unpaired) electrons. The minimum atomic E-state index is 0.231. The van der Waals surface area contributed by atoms with E-state index in [2.05, 4.69) is 6.58 Å². The van der Waals surface area contributed by atoms with Crippen molar-refractivity contribution in [1.29, 1.82) is 0 Å². The van der Waals surface area contributed by atoms with E-state index in [0.29, 0.717) is 12.4 Å². The van der Waals surface area contributed by atoms with Gasteiger partial charge in [0, 0.05) is 12.7 Å². The number of benzene rings is 2. The predicted octanol–water partition coefficient (Wildman–Crippen LogP) is 3.96. The summed E-state index contributed by atoms with van der Waals surface area (Å²) in [7, 11) is 1.62. The maximum absolute atomic E-state index is 10.4. The van der Waals surface area contributed by atoms with Crippen molar-refractivity contribution in [3.8, 4) is 22.6 Å². The van der Waals surface area contributed by atoms with Gasteiger partial charge >= 0.3 is 0 Å². The Balaban J connectivity index is 2.29. The van der Waals surface area contributed by atoms with Crippen LogP contribution < -0.4 is 0 Å². The van der Waals surface area contributed by atoms with Crippen LogP contribution in [-0.4, -0.2) is 17.3 Å². The van der Waals surface area contributed by atoms with Crippen molar-refractivity contribution in [2.75, 3.05) is 7.11 Å². The van der Waals surface area contributed by atoms with Gasteiger partial charge in [0.25, 0.3) is 0 Å². The average Bonchev–Trinajstić information content (AvgIpc) is 2.51. The molecule has 3 nitrogen and oxygen atoms in total. The maximum Gasteiger partial charge on any atom is 0.122 e. The topological polar surface area (TPSA) is 49.7 Å². The van der Waals surface area contributed by atoms with E-state index in [1.807, 2.05) is 19.1 Å². The van der Waals surface area contributed by atoms with Crippen LogP contribution in [-0.2, 0) is 24.2 Å². The van der Waals surface area contributed by atoms with Crippen molar-refractivity contribution in [3.63, 3.8) is 0 Å². The number of hydrogen-bond donors (Lipinski definition) is 2. The lowest BCUT2D eigenvalue weighted by Crippen LogP contribution is -2.09. The van der Waals surface area contributed by atoms with Gasteiger partial charge in [-0.2, -0.15) is 0 Å². The highest BCUT2D eigenvalue weighted by Crippen LogP contribution is 2.43. The largest absolute Gasteiger partial charge is 0.508 e. The molecule has 0 bridgehead atoms. The average molecular weight is 296 g/mol. The summed E-state index contributed by atoms with van der Waals surface area (Å²) in [6.07, 6.45) is 3.54. The van der Waals surface area contributed by atoms with E-state index in [4.69, 9.17) is 4.74 Å². The molecule has 0 fully saturated rings. The van der Waals surface area contributed by atoms with Crippen LogP contribution >= 0.6 is 0 Å². The normalized spacial score (nSPS) is 12.6. The highest BCUT2D eigenvalue weighted by atomic mass is 16.5. The third kappa shape index (κ3) is 2.09. The summed E-state index contributed by atoms with van der Waals surface area (Å²) in [5.41, 5.74) is 7.13. The van der Waals surface area contributed by atoms with Gasteiger partial charge in [-0.15, -0.1) is 0 Å². The molecule has 0 saturated heterocycles. The molecule has 0 aliphatic heterocycles. The van der Waals surface area contributed by atoms with Crippen LogP contribution in [0.3, 0.4) is 0 Å². The summed E-state index contributed by atoms with van der Waals surface area (Å²) in [5, 5.41) is 20.3. The molecule has 0 unspecified atom stereocenters. The molecule has 0 spiro atoms. The van der Waals surface area contributed by atoms with Crippen molar-refractivity contribution in [1.82, 2.24) is 0 Å². The predicted molar refractivity (Wildman–Crippen MR) is 88.2 cm³/mol. The highest BCUT2D eigenvalue weighted by molar-refractivity contribution is 5.81. The lowest BCUT2D eigenvalue weighted by molar-refractivity contribution is 0.182. The summed E-state index contributed by atoms with van der Waals surface area (Å²) in [6.45, 7) is 6.20. The first-order valence-corrected chi connectivity index (χ1v) is 7.39. The standard InChI is InChI=1S/C19H20O3/c1-4-12-14-6-5-13-11(2)18(20)8-7-15(13)16(14)9-19(21)17(12)10-22-3/h4,7-9,20-21H,1,5-6,10H2,2-3H3. The fourth-order valence-corrected chi connectivity index (χ4v) is 3.40. The van der Waals surface area contributed by atoms with Crippen molar-refractivity contribution in [3.05, 3.63) is 52.6 Å². The first-order valence-electron chi connectivity index (χ1n) is 7.39. The van der Waals surface area contributed by atoms with Crippen LogP contribution in [0.4, 0.5) is 0 Å². The van der Waals surface area contributed by atoms with Crippen LogP contribution in [0.2, 0.25) is 0 Å². The summed E-state index contributed by atoms with van der Waals surface area (Å²) >= 11 is 0. The minimum absolute atomic E-state index is 0.231. The molecule has 0 amide bonds. The summed E-state index contributed by atoms with van der Waals surface area (Å²) in [4.78, 5) is 0. The first-order chi connectivity index (χ1) is 10.6. The first kappa shape index (κ1) is 14.7. The Morgan fingerprint density at radius 2 is 1.86 bits per heavy atom. The van der Waals surface area contributed by atoms with Crippen LogP contribution in [0.15, 0.2) is 24.8 Å². The van der Waals surface area contributed by atoms with Crippen molar-refractivity contribution >= 4 is 6.08 Å². The van der Waals surface area contributed by atoms with Gasteiger partial charge in [0.05, 0.1) is 6.61 Å². The van der Waals surface area contributed by atoms with E-state index in [0.717, 1.165) is 46.2 Å². The number of hydrogen-bond acceptors (Lipinski definition) is 3. The van der Waals surface area contributed by atoms with Crippen molar-refractivity contribution in [2.45, 2.75) is 26.4 Å². The zero-order valence-electron chi connectivity index (χ0n) is 12.9.